The van der Waals surface area contributed by atoms with E-state index in [-0.39, 0.29) is 23.9 Å². The third-order valence-corrected chi connectivity index (χ3v) is 6.04. The van der Waals surface area contributed by atoms with Crippen molar-refractivity contribution in [1.29, 1.82) is 0 Å². The number of hydrogen-bond acceptors (Lipinski definition) is 3. The summed E-state index contributed by atoms with van der Waals surface area (Å²) in [6.45, 7) is 10.0. The smallest absolute Gasteiger partial charge is 0.222 e. The molecule has 0 spiro atoms. The van der Waals surface area contributed by atoms with Crippen LogP contribution in [0, 0.1) is 12.8 Å². The Morgan fingerprint density at radius 3 is 2.47 bits per heavy atom. The van der Waals surface area contributed by atoms with E-state index in [1.807, 2.05) is 13.8 Å². The second kappa shape index (κ2) is 9.52. The first kappa shape index (κ1) is 22.2. The highest BCUT2D eigenvalue weighted by Gasteiger charge is 2.37. The van der Waals surface area contributed by atoms with Crippen molar-refractivity contribution in [3.8, 4) is 11.5 Å². The standard InChI is InChI=1S/C25H34N2O3/c1-16(2)25(28)26-18(4)24-21-14-23(30-6)22(29-5)13-20(21)10-11-27(24)15-19-9-7-8-17(3)12-19/h7-9,12-14,16,18,24H,10-11,15H2,1-6H3,(H,26,28)/p+1/t18-,24+/m1/s1. The fourth-order valence-electron chi connectivity index (χ4n) is 4.49. The molecule has 0 bridgehead atoms. The first-order chi connectivity index (χ1) is 14.3. The summed E-state index contributed by atoms with van der Waals surface area (Å²) >= 11 is 0. The van der Waals surface area contributed by atoms with Crippen molar-refractivity contribution < 1.29 is 19.2 Å². The van der Waals surface area contributed by atoms with E-state index in [2.05, 4.69) is 55.6 Å². The highest BCUT2D eigenvalue weighted by atomic mass is 16.5. The van der Waals surface area contributed by atoms with Crippen LogP contribution in [-0.4, -0.2) is 32.7 Å². The normalized spacial score (nSPS) is 19.2. The van der Waals surface area contributed by atoms with Crippen LogP contribution in [0.3, 0.4) is 0 Å². The third-order valence-electron chi connectivity index (χ3n) is 6.04. The molecule has 2 aromatic carbocycles. The van der Waals surface area contributed by atoms with Crippen LogP contribution in [0.5, 0.6) is 11.5 Å². The van der Waals surface area contributed by atoms with Crippen LogP contribution in [0.4, 0.5) is 0 Å². The average Bonchev–Trinajstić information content (AvgIpc) is 2.72. The van der Waals surface area contributed by atoms with Gasteiger partial charge in [0.15, 0.2) is 11.5 Å². The monoisotopic (exact) mass is 411 g/mol. The maximum absolute atomic E-state index is 12.5. The van der Waals surface area contributed by atoms with Gasteiger partial charge in [-0.25, -0.2) is 0 Å². The zero-order valence-electron chi connectivity index (χ0n) is 19.0. The molecule has 1 heterocycles. The molecule has 5 heteroatoms. The number of carbonyl (C=O) groups is 1. The molecule has 0 radical (unpaired) electrons. The summed E-state index contributed by atoms with van der Waals surface area (Å²) in [7, 11) is 3.34. The van der Waals surface area contributed by atoms with Crippen molar-refractivity contribution in [3.05, 3.63) is 58.7 Å². The Hall–Kier alpha value is -2.53. The van der Waals surface area contributed by atoms with Gasteiger partial charge < -0.3 is 19.7 Å². The van der Waals surface area contributed by atoms with Crippen molar-refractivity contribution in [2.75, 3.05) is 20.8 Å². The van der Waals surface area contributed by atoms with Gasteiger partial charge in [-0.15, -0.1) is 0 Å². The minimum absolute atomic E-state index is 0.00291. The molecule has 1 aliphatic rings. The molecule has 3 atom stereocenters. The minimum atomic E-state index is -0.0406. The maximum Gasteiger partial charge on any atom is 0.222 e. The predicted molar refractivity (Wildman–Crippen MR) is 119 cm³/mol. The Labute approximate surface area is 180 Å². The summed E-state index contributed by atoms with van der Waals surface area (Å²) < 4.78 is 11.1. The fraction of sp³-hybridized carbons (Fsp3) is 0.480. The summed E-state index contributed by atoms with van der Waals surface area (Å²) in [5, 5.41) is 3.25. The Morgan fingerprint density at radius 1 is 1.13 bits per heavy atom. The van der Waals surface area contributed by atoms with Crippen LogP contribution in [0.15, 0.2) is 36.4 Å². The molecule has 0 aromatic heterocycles. The second-order valence-electron chi connectivity index (χ2n) is 8.66. The summed E-state index contributed by atoms with van der Waals surface area (Å²) in [6.07, 6.45) is 0.970. The molecule has 0 fully saturated rings. The summed E-state index contributed by atoms with van der Waals surface area (Å²) in [5.41, 5.74) is 5.10. The maximum atomic E-state index is 12.5. The lowest BCUT2D eigenvalue weighted by Crippen LogP contribution is -3.13. The van der Waals surface area contributed by atoms with Crippen LogP contribution in [-0.2, 0) is 17.8 Å². The van der Waals surface area contributed by atoms with Gasteiger partial charge in [0.2, 0.25) is 5.91 Å². The molecule has 30 heavy (non-hydrogen) atoms. The van der Waals surface area contributed by atoms with Crippen molar-refractivity contribution in [3.63, 3.8) is 0 Å². The third kappa shape index (κ3) is 4.78. The molecule has 1 aliphatic heterocycles. The van der Waals surface area contributed by atoms with Crippen molar-refractivity contribution >= 4 is 5.91 Å². The minimum Gasteiger partial charge on any atom is -0.493 e. The fourth-order valence-corrected chi connectivity index (χ4v) is 4.49. The lowest BCUT2D eigenvalue weighted by molar-refractivity contribution is -0.948. The molecule has 0 saturated heterocycles. The molecule has 0 aliphatic carbocycles. The molecule has 1 unspecified atom stereocenters. The van der Waals surface area contributed by atoms with Crippen LogP contribution in [0.1, 0.15) is 49.1 Å². The lowest BCUT2D eigenvalue weighted by atomic mass is 9.87. The number of methoxy groups -OCH3 is 2. The molecule has 5 nitrogen and oxygen atoms in total. The molecular weight excluding hydrogens is 376 g/mol. The van der Waals surface area contributed by atoms with E-state index in [9.17, 15) is 4.79 Å². The molecule has 162 valence electrons. The van der Waals surface area contributed by atoms with Gasteiger partial charge in [-0.3, -0.25) is 4.79 Å². The number of ether oxygens (including phenoxy) is 2. The largest absolute Gasteiger partial charge is 0.493 e. The van der Waals surface area contributed by atoms with Gasteiger partial charge in [0.05, 0.1) is 26.8 Å². The Kier molecular flexibility index (Phi) is 7.03. The summed E-state index contributed by atoms with van der Waals surface area (Å²) in [5.74, 6) is 1.54. The zero-order valence-corrected chi connectivity index (χ0v) is 19.0. The van der Waals surface area contributed by atoms with E-state index in [1.54, 1.807) is 14.2 Å². The molecule has 1 amide bonds. The number of hydrogen-bond donors (Lipinski definition) is 2. The molecular formula is C25H35N2O3+. The van der Waals surface area contributed by atoms with Crippen molar-refractivity contribution in [1.82, 2.24) is 5.32 Å². The summed E-state index contributed by atoms with van der Waals surface area (Å²) in [6, 6.07) is 13.0. The number of rotatable bonds is 7. The van der Waals surface area contributed by atoms with E-state index in [1.165, 1.54) is 27.2 Å². The zero-order chi connectivity index (χ0) is 21.8. The number of fused-ring (bicyclic) bond motifs is 1. The SMILES string of the molecule is COc1cc2c(cc1OC)[C@H]([C@@H](C)NC(=O)C(C)C)[NH+](Cc1cccc(C)c1)CC2. The van der Waals surface area contributed by atoms with Crippen LogP contribution >= 0.6 is 0 Å². The highest BCUT2D eigenvalue weighted by Crippen LogP contribution is 2.35. The van der Waals surface area contributed by atoms with Gasteiger partial charge in [-0.05, 0) is 31.5 Å². The Bertz CT molecular complexity index is 894. The van der Waals surface area contributed by atoms with Gasteiger partial charge >= 0.3 is 0 Å². The molecule has 0 saturated carbocycles. The first-order valence-corrected chi connectivity index (χ1v) is 10.8. The Balaban J connectivity index is 1.99. The van der Waals surface area contributed by atoms with E-state index < -0.39 is 0 Å². The first-order valence-electron chi connectivity index (χ1n) is 10.8. The van der Waals surface area contributed by atoms with Gasteiger partial charge in [0, 0.05) is 23.5 Å². The summed E-state index contributed by atoms with van der Waals surface area (Å²) in [4.78, 5) is 13.9. The number of benzene rings is 2. The quantitative estimate of drug-likeness (QED) is 0.737. The van der Waals surface area contributed by atoms with Crippen molar-refractivity contribution in [2.24, 2.45) is 5.92 Å². The number of aryl methyl sites for hydroxylation is 1. The van der Waals surface area contributed by atoms with Gasteiger partial charge in [0.1, 0.15) is 12.6 Å². The number of amides is 1. The van der Waals surface area contributed by atoms with Crippen LogP contribution in [0.25, 0.3) is 0 Å². The molecule has 2 aromatic rings. The van der Waals surface area contributed by atoms with E-state index in [0.29, 0.717) is 0 Å². The topological polar surface area (TPSA) is 52.0 Å². The van der Waals surface area contributed by atoms with E-state index >= 15 is 0 Å². The van der Waals surface area contributed by atoms with Gasteiger partial charge in [-0.2, -0.15) is 0 Å². The number of carbonyl (C=O) groups excluding carboxylic acids is 1. The van der Waals surface area contributed by atoms with E-state index in [0.717, 1.165) is 31.0 Å². The highest BCUT2D eigenvalue weighted by molar-refractivity contribution is 5.78. The average molecular weight is 412 g/mol. The molecule has 2 N–H and O–H groups in total. The molecule has 3 rings (SSSR count). The van der Waals surface area contributed by atoms with Crippen LogP contribution < -0.4 is 19.7 Å². The second-order valence-corrected chi connectivity index (χ2v) is 8.66. The Morgan fingerprint density at radius 2 is 1.83 bits per heavy atom. The van der Waals surface area contributed by atoms with Gasteiger partial charge in [-0.1, -0.05) is 43.7 Å². The number of nitrogens with one attached hydrogen (secondary N) is 2. The van der Waals surface area contributed by atoms with E-state index in [4.69, 9.17) is 9.47 Å². The lowest BCUT2D eigenvalue weighted by Gasteiger charge is -2.38. The predicted octanol–water partition coefficient (Wildman–Crippen LogP) is 2.86. The van der Waals surface area contributed by atoms with Crippen LogP contribution in [0.2, 0.25) is 0 Å². The van der Waals surface area contributed by atoms with Crippen molar-refractivity contribution in [2.45, 2.75) is 52.7 Å². The number of quaternary nitrogens is 1. The van der Waals surface area contributed by atoms with Gasteiger partial charge in [0.25, 0.3) is 0 Å².